The fourth-order valence-electron chi connectivity index (χ4n) is 3.67. The van der Waals surface area contributed by atoms with Gasteiger partial charge in [0.1, 0.15) is 23.0 Å². The molecule has 0 saturated heterocycles. The van der Waals surface area contributed by atoms with Crippen LogP contribution < -0.4 is 0 Å². The van der Waals surface area contributed by atoms with Crippen LogP contribution in [0.5, 0.6) is 0 Å². The van der Waals surface area contributed by atoms with E-state index in [1.165, 1.54) is 6.07 Å². The van der Waals surface area contributed by atoms with E-state index in [1.807, 2.05) is 49.4 Å². The monoisotopic (exact) mass is 454 g/mol. The molecule has 166 valence electrons. The SMILES string of the molecule is CCc1cc(-c2ccc3ccccc3c2)cc(F)c1C#Cc1cc(F)c(C(F)(F)F)c(F)c1. The van der Waals surface area contributed by atoms with Gasteiger partial charge in [-0.25, -0.2) is 13.2 Å². The van der Waals surface area contributed by atoms with Crippen molar-refractivity contribution in [2.24, 2.45) is 0 Å². The fourth-order valence-corrected chi connectivity index (χ4v) is 3.67. The Balaban J connectivity index is 1.74. The predicted molar refractivity (Wildman–Crippen MR) is 116 cm³/mol. The number of halogens is 6. The van der Waals surface area contributed by atoms with Crippen LogP contribution in [0.2, 0.25) is 0 Å². The molecule has 0 amide bonds. The summed E-state index contributed by atoms with van der Waals surface area (Å²) in [5, 5.41) is 2.06. The van der Waals surface area contributed by atoms with Crippen LogP contribution in [0.15, 0.2) is 66.7 Å². The Morgan fingerprint density at radius 1 is 0.697 bits per heavy atom. The molecule has 4 rings (SSSR count). The molecule has 0 nitrogen and oxygen atoms in total. The van der Waals surface area contributed by atoms with E-state index in [9.17, 15) is 26.3 Å². The van der Waals surface area contributed by atoms with Crippen LogP contribution in [0.4, 0.5) is 26.3 Å². The number of hydrogen-bond donors (Lipinski definition) is 0. The molecule has 0 aliphatic heterocycles. The molecule has 0 aromatic heterocycles. The van der Waals surface area contributed by atoms with Gasteiger partial charge in [0, 0.05) is 5.56 Å². The van der Waals surface area contributed by atoms with E-state index >= 15 is 0 Å². The first kappa shape index (κ1) is 22.5. The van der Waals surface area contributed by atoms with Gasteiger partial charge in [-0.15, -0.1) is 0 Å². The number of fused-ring (bicyclic) bond motifs is 1. The van der Waals surface area contributed by atoms with Crippen molar-refractivity contribution in [2.75, 3.05) is 0 Å². The first-order valence-electron chi connectivity index (χ1n) is 10.1. The lowest BCUT2D eigenvalue weighted by Crippen LogP contribution is -2.11. The predicted octanol–water partition coefficient (Wildman–Crippen LogP) is 7.91. The van der Waals surface area contributed by atoms with Crippen molar-refractivity contribution in [1.29, 1.82) is 0 Å². The molecule has 0 heterocycles. The van der Waals surface area contributed by atoms with Crippen LogP contribution in [-0.4, -0.2) is 0 Å². The van der Waals surface area contributed by atoms with Crippen molar-refractivity contribution in [3.05, 3.63) is 106 Å². The van der Waals surface area contributed by atoms with Crippen LogP contribution in [0.3, 0.4) is 0 Å². The topological polar surface area (TPSA) is 0 Å². The lowest BCUT2D eigenvalue weighted by Gasteiger charge is -2.10. The molecule has 0 fully saturated rings. The quantitative estimate of drug-likeness (QED) is 0.213. The number of aryl methyl sites for hydroxylation is 1. The van der Waals surface area contributed by atoms with E-state index < -0.39 is 29.2 Å². The summed E-state index contributed by atoms with van der Waals surface area (Å²) < 4.78 is 80.8. The third-order valence-electron chi connectivity index (χ3n) is 5.29. The molecule has 0 radical (unpaired) electrons. The third kappa shape index (κ3) is 4.58. The van der Waals surface area contributed by atoms with Crippen molar-refractivity contribution >= 4 is 10.8 Å². The highest BCUT2D eigenvalue weighted by Gasteiger charge is 2.37. The Morgan fingerprint density at radius 3 is 2.00 bits per heavy atom. The van der Waals surface area contributed by atoms with Gasteiger partial charge >= 0.3 is 6.18 Å². The lowest BCUT2D eigenvalue weighted by atomic mass is 9.95. The summed E-state index contributed by atoms with van der Waals surface area (Å²) in [5.41, 5.74) is -0.242. The Labute approximate surface area is 186 Å². The van der Waals surface area contributed by atoms with Crippen molar-refractivity contribution in [3.8, 4) is 23.0 Å². The molecule has 0 unspecified atom stereocenters. The van der Waals surface area contributed by atoms with E-state index in [-0.39, 0.29) is 11.1 Å². The molecule has 0 N–H and O–H groups in total. The summed E-state index contributed by atoms with van der Waals surface area (Å²) >= 11 is 0. The standard InChI is InChI=1S/C27H16F6/c1-2-17-13-21(20-9-8-18-5-3-4-6-19(18)14-20)15-23(28)22(17)10-7-16-11-24(29)26(25(30)12-16)27(31,32)33/h3-6,8-9,11-15H,2H2,1H3. The second-order valence-electron chi connectivity index (χ2n) is 7.47. The molecule has 0 aliphatic carbocycles. The highest BCUT2D eigenvalue weighted by atomic mass is 19.4. The number of alkyl halides is 3. The smallest absolute Gasteiger partial charge is 0.206 e. The molecule has 0 saturated carbocycles. The summed E-state index contributed by atoms with van der Waals surface area (Å²) in [5.74, 6) is 0.748. The minimum absolute atomic E-state index is 0.0303. The van der Waals surface area contributed by atoms with Crippen LogP contribution in [0.25, 0.3) is 21.9 Å². The molecule has 6 heteroatoms. The highest BCUT2D eigenvalue weighted by Crippen LogP contribution is 2.34. The lowest BCUT2D eigenvalue weighted by molar-refractivity contribution is -0.142. The Kier molecular flexibility index (Phi) is 5.90. The van der Waals surface area contributed by atoms with Crippen molar-refractivity contribution in [2.45, 2.75) is 19.5 Å². The summed E-state index contributed by atoms with van der Waals surface area (Å²) in [6.45, 7) is 1.81. The summed E-state index contributed by atoms with van der Waals surface area (Å²) in [6, 6.07) is 17.6. The zero-order valence-electron chi connectivity index (χ0n) is 17.3. The zero-order chi connectivity index (χ0) is 23.8. The second-order valence-corrected chi connectivity index (χ2v) is 7.47. The van der Waals surface area contributed by atoms with E-state index in [1.54, 1.807) is 6.07 Å². The number of rotatable bonds is 2. The largest absolute Gasteiger partial charge is 0.422 e. The first-order chi connectivity index (χ1) is 15.7. The third-order valence-corrected chi connectivity index (χ3v) is 5.29. The number of benzene rings is 4. The van der Waals surface area contributed by atoms with E-state index in [4.69, 9.17) is 0 Å². The minimum atomic E-state index is -5.17. The normalized spacial score (nSPS) is 11.4. The van der Waals surface area contributed by atoms with Gasteiger partial charge in [-0.1, -0.05) is 55.2 Å². The van der Waals surface area contributed by atoms with Crippen molar-refractivity contribution in [3.63, 3.8) is 0 Å². The minimum Gasteiger partial charge on any atom is -0.206 e. The van der Waals surface area contributed by atoms with Gasteiger partial charge < -0.3 is 0 Å². The van der Waals surface area contributed by atoms with E-state index in [0.29, 0.717) is 29.7 Å². The van der Waals surface area contributed by atoms with Crippen LogP contribution in [0, 0.1) is 29.3 Å². The van der Waals surface area contributed by atoms with Gasteiger partial charge in [0.2, 0.25) is 0 Å². The van der Waals surface area contributed by atoms with Crippen molar-refractivity contribution in [1.82, 2.24) is 0 Å². The molecule has 33 heavy (non-hydrogen) atoms. The Bertz CT molecular complexity index is 1400. The molecular formula is C27H16F6. The average Bonchev–Trinajstić information content (AvgIpc) is 2.76. The first-order valence-corrected chi connectivity index (χ1v) is 10.1. The van der Waals surface area contributed by atoms with E-state index in [2.05, 4.69) is 11.8 Å². The summed E-state index contributed by atoms with van der Waals surface area (Å²) in [7, 11) is 0. The maximum absolute atomic E-state index is 15.0. The Morgan fingerprint density at radius 2 is 1.36 bits per heavy atom. The molecule has 4 aromatic rings. The molecule has 0 atom stereocenters. The molecule has 0 aliphatic rings. The molecule has 4 aromatic carbocycles. The van der Waals surface area contributed by atoms with Gasteiger partial charge in [0.05, 0.1) is 5.56 Å². The zero-order valence-corrected chi connectivity index (χ0v) is 17.3. The van der Waals surface area contributed by atoms with Crippen molar-refractivity contribution < 1.29 is 26.3 Å². The fraction of sp³-hybridized carbons (Fsp3) is 0.111. The molecule has 0 bridgehead atoms. The van der Waals surface area contributed by atoms with Crippen LogP contribution in [0.1, 0.15) is 29.2 Å². The van der Waals surface area contributed by atoms with Crippen LogP contribution >= 0.6 is 0 Å². The summed E-state index contributed by atoms with van der Waals surface area (Å²) in [6.07, 6.45) is -4.74. The maximum Gasteiger partial charge on any atom is 0.422 e. The number of hydrogen-bond acceptors (Lipinski definition) is 0. The van der Waals surface area contributed by atoms with Crippen LogP contribution in [-0.2, 0) is 12.6 Å². The highest BCUT2D eigenvalue weighted by molar-refractivity contribution is 5.87. The second kappa shape index (κ2) is 8.67. The van der Waals surface area contributed by atoms with E-state index in [0.717, 1.165) is 16.3 Å². The van der Waals surface area contributed by atoms with Gasteiger partial charge in [-0.3, -0.25) is 0 Å². The average molecular weight is 454 g/mol. The Hall–Kier alpha value is -3.72. The van der Waals surface area contributed by atoms with Gasteiger partial charge in [-0.05, 0) is 64.2 Å². The molecule has 0 spiro atoms. The summed E-state index contributed by atoms with van der Waals surface area (Å²) in [4.78, 5) is 0. The van der Waals surface area contributed by atoms with Gasteiger partial charge in [0.15, 0.2) is 0 Å². The molecular weight excluding hydrogens is 438 g/mol. The maximum atomic E-state index is 15.0. The van der Waals surface area contributed by atoms with Gasteiger partial charge in [-0.2, -0.15) is 13.2 Å². The van der Waals surface area contributed by atoms with Gasteiger partial charge in [0.25, 0.3) is 0 Å².